The lowest BCUT2D eigenvalue weighted by atomic mass is 9.89. The summed E-state index contributed by atoms with van der Waals surface area (Å²) in [6.45, 7) is 4.33. The van der Waals surface area contributed by atoms with Crippen molar-refractivity contribution in [2.45, 2.75) is 19.9 Å². The van der Waals surface area contributed by atoms with Crippen molar-refractivity contribution in [3.63, 3.8) is 0 Å². The van der Waals surface area contributed by atoms with Crippen LogP contribution in [0.3, 0.4) is 0 Å². The van der Waals surface area contributed by atoms with Gasteiger partial charge in [-0.05, 0) is 37.6 Å². The molecule has 2 rings (SSSR count). The van der Waals surface area contributed by atoms with E-state index < -0.39 is 0 Å². The molecule has 0 aromatic heterocycles. The Kier molecular flexibility index (Phi) is 5.63. The minimum atomic E-state index is -0.241. The van der Waals surface area contributed by atoms with Crippen molar-refractivity contribution in [1.82, 2.24) is 10.6 Å². The van der Waals surface area contributed by atoms with Crippen LogP contribution >= 0.6 is 28.3 Å². The average Bonchev–Trinajstić information content (AvgIpc) is 2.76. The maximum absolute atomic E-state index is 12.0. The zero-order valence-corrected chi connectivity index (χ0v) is 12.7. The van der Waals surface area contributed by atoms with Gasteiger partial charge in [-0.3, -0.25) is 4.79 Å². The monoisotopic (exact) mass is 332 g/mol. The fraction of sp³-hybridized carbons (Fsp3) is 0.462. The highest BCUT2D eigenvalue weighted by molar-refractivity contribution is 9.10. The minimum Gasteiger partial charge on any atom is -0.352 e. The lowest BCUT2D eigenvalue weighted by molar-refractivity contribution is -0.129. The van der Waals surface area contributed by atoms with Crippen molar-refractivity contribution in [2.75, 3.05) is 13.1 Å². The number of carbonyl (C=O) groups excluding carboxylic acids is 1. The van der Waals surface area contributed by atoms with Gasteiger partial charge in [-0.15, -0.1) is 12.4 Å². The standard InChI is InChI=1S/C13H17BrN2O.ClH/c1-13(6-7-15-9-13)12(17)16-8-10-2-4-11(14)5-3-10;/h2-5,15H,6-9H2,1H3,(H,16,17);1H. The Bertz CT molecular complexity index is 402. The van der Waals surface area contributed by atoms with Gasteiger partial charge in [-0.2, -0.15) is 0 Å². The van der Waals surface area contributed by atoms with Gasteiger partial charge in [-0.1, -0.05) is 28.1 Å². The first kappa shape index (κ1) is 15.5. The van der Waals surface area contributed by atoms with Crippen molar-refractivity contribution in [1.29, 1.82) is 0 Å². The number of amides is 1. The Labute approximate surface area is 122 Å². The second kappa shape index (κ2) is 6.55. The molecule has 0 aliphatic carbocycles. The number of halogens is 2. The summed E-state index contributed by atoms with van der Waals surface area (Å²) in [5.74, 6) is 0.144. The number of rotatable bonds is 3. The van der Waals surface area contributed by atoms with E-state index in [2.05, 4.69) is 26.6 Å². The van der Waals surface area contributed by atoms with Crippen molar-refractivity contribution in [3.8, 4) is 0 Å². The molecule has 1 aromatic rings. The second-order valence-corrected chi connectivity index (χ2v) is 5.71. The number of carbonyl (C=O) groups is 1. The molecule has 5 heteroatoms. The van der Waals surface area contributed by atoms with Crippen LogP contribution in [0.15, 0.2) is 28.7 Å². The highest BCUT2D eigenvalue weighted by Crippen LogP contribution is 2.24. The predicted octanol–water partition coefficient (Wildman–Crippen LogP) is 2.49. The first-order valence-corrected chi connectivity index (χ1v) is 6.63. The molecule has 3 nitrogen and oxygen atoms in total. The van der Waals surface area contributed by atoms with E-state index in [4.69, 9.17) is 0 Å². The zero-order valence-electron chi connectivity index (χ0n) is 10.3. The second-order valence-electron chi connectivity index (χ2n) is 4.80. The van der Waals surface area contributed by atoms with E-state index in [0.717, 1.165) is 29.5 Å². The highest BCUT2D eigenvalue weighted by atomic mass is 79.9. The summed E-state index contributed by atoms with van der Waals surface area (Å²) in [4.78, 5) is 12.0. The molecule has 1 aliphatic rings. The van der Waals surface area contributed by atoms with Crippen LogP contribution in [0.2, 0.25) is 0 Å². The summed E-state index contributed by atoms with van der Waals surface area (Å²) in [5, 5.41) is 6.24. The maximum atomic E-state index is 12.0. The lowest BCUT2D eigenvalue weighted by Gasteiger charge is -2.21. The topological polar surface area (TPSA) is 41.1 Å². The molecule has 1 saturated heterocycles. The molecule has 0 spiro atoms. The molecule has 2 N–H and O–H groups in total. The molecule has 1 atom stereocenters. The van der Waals surface area contributed by atoms with Gasteiger partial charge in [0.15, 0.2) is 0 Å². The molecular weight excluding hydrogens is 316 g/mol. The molecule has 1 fully saturated rings. The Morgan fingerprint density at radius 3 is 2.67 bits per heavy atom. The normalized spacial score (nSPS) is 22.3. The summed E-state index contributed by atoms with van der Waals surface area (Å²) in [6, 6.07) is 8.00. The molecule has 18 heavy (non-hydrogen) atoms. The molecule has 1 amide bonds. The van der Waals surface area contributed by atoms with Crippen molar-refractivity contribution >= 4 is 34.2 Å². The van der Waals surface area contributed by atoms with Gasteiger partial charge in [-0.25, -0.2) is 0 Å². The fourth-order valence-corrected chi connectivity index (χ4v) is 2.27. The van der Waals surface area contributed by atoms with E-state index in [1.165, 1.54) is 0 Å². The van der Waals surface area contributed by atoms with E-state index in [1.807, 2.05) is 31.2 Å². The van der Waals surface area contributed by atoms with E-state index in [9.17, 15) is 4.79 Å². The predicted molar refractivity (Wildman–Crippen MR) is 78.8 cm³/mol. The summed E-state index contributed by atoms with van der Waals surface area (Å²) < 4.78 is 1.06. The quantitative estimate of drug-likeness (QED) is 0.892. The first-order valence-electron chi connectivity index (χ1n) is 5.84. The smallest absolute Gasteiger partial charge is 0.227 e. The van der Waals surface area contributed by atoms with E-state index in [-0.39, 0.29) is 23.7 Å². The maximum Gasteiger partial charge on any atom is 0.227 e. The fourth-order valence-electron chi connectivity index (χ4n) is 2.01. The van der Waals surface area contributed by atoms with E-state index >= 15 is 0 Å². The summed E-state index contributed by atoms with van der Waals surface area (Å²) >= 11 is 3.39. The van der Waals surface area contributed by atoms with Gasteiger partial charge in [0.05, 0.1) is 5.41 Å². The number of nitrogens with one attached hydrogen (secondary N) is 2. The molecule has 1 aromatic carbocycles. The molecule has 0 bridgehead atoms. The van der Waals surface area contributed by atoms with Crippen LogP contribution in [0.1, 0.15) is 18.9 Å². The molecular formula is C13H18BrClN2O. The zero-order chi connectivity index (χ0) is 12.3. The van der Waals surface area contributed by atoms with Crippen LogP contribution in [0, 0.1) is 5.41 Å². The van der Waals surface area contributed by atoms with Crippen LogP contribution in [0.25, 0.3) is 0 Å². The molecule has 1 unspecified atom stereocenters. The van der Waals surface area contributed by atoms with E-state index in [1.54, 1.807) is 0 Å². The summed E-state index contributed by atoms with van der Waals surface area (Å²) in [7, 11) is 0. The van der Waals surface area contributed by atoms with Gasteiger partial charge in [0, 0.05) is 17.6 Å². The largest absolute Gasteiger partial charge is 0.352 e. The molecule has 0 radical (unpaired) electrons. The Balaban J connectivity index is 0.00000162. The van der Waals surface area contributed by atoms with Gasteiger partial charge in [0.25, 0.3) is 0 Å². The lowest BCUT2D eigenvalue weighted by Crippen LogP contribution is -2.39. The third-order valence-corrected chi connectivity index (χ3v) is 3.81. The molecule has 1 heterocycles. The third kappa shape index (κ3) is 3.70. The number of benzene rings is 1. The molecule has 1 aliphatic heterocycles. The van der Waals surface area contributed by atoms with Crippen LogP contribution in [0.5, 0.6) is 0 Å². The SMILES string of the molecule is CC1(C(=O)NCc2ccc(Br)cc2)CCNC1.Cl. The Morgan fingerprint density at radius 1 is 1.44 bits per heavy atom. The van der Waals surface area contributed by atoms with Gasteiger partial charge >= 0.3 is 0 Å². The van der Waals surface area contributed by atoms with Crippen molar-refractivity contribution in [2.24, 2.45) is 5.41 Å². The van der Waals surface area contributed by atoms with Crippen molar-refractivity contribution in [3.05, 3.63) is 34.3 Å². The van der Waals surface area contributed by atoms with Gasteiger partial charge in [0.1, 0.15) is 0 Å². The number of hydrogen-bond donors (Lipinski definition) is 2. The Hall–Kier alpha value is -0.580. The molecule has 0 saturated carbocycles. The average molecular weight is 334 g/mol. The summed E-state index contributed by atoms with van der Waals surface area (Å²) in [5.41, 5.74) is 0.881. The van der Waals surface area contributed by atoms with Gasteiger partial charge < -0.3 is 10.6 Å². The van der Waals surface area contributed by atoms with Gasteiger partial charge in [0.2, 0.25) is 5.91 Å². The molecule has 100 valence electrons. The van der Waals surface area contributed by atoms with Crippen LogP contribution in [-0.2, 0) is 11.3 Å². The van der Waals surface area contributed by atoms with Crippen LogP contribution in [-0.4, -0.2) is 19.0 Å². The Morgan fingerprint density at radius 2 is 2.11 bits per heavy atom. The number of hydrogen-bond acceptors (Lipinski definition) is 2. The summed E-state index contributed by atoms with van der Waals surface area (Å²) in [6.07, 6.45) is 0.916. The highest BCUT2D eigenvalue weighted by Gasteiger charge is 2.35. The van der Waals surface area contributed by atoms with Crippen LogP contribution in [0.4, 0.5) is 0 Å². The minimum absolute atomic E-state index is 0. The van der Waals surface area contributed by atoms with Crippen LogP contribution < -0.4 is 10.6 Å². The van der Waals surface area contributed by atoms with Crippen molar-refractivity contribution < 1.29 is 4.79 Å². The first-order chi connectivity index (χ1) is 8.10. The third-order valence-electron chi connectivity index (χ3n) is 3.28. The van der Waals surface area contributed by atoms with E-state index in [0.29, 0.717) is 6.54 Å².